The summed E-state index contributed by atoms with van der Waals surface area (Å²) in [5.41, 5.74) is 7.12. The van der Waals surface area contributed by atoms with Crippen LogP contribution in [0.4, 0.5) is 0 Å². The average Bonchev–Trinajstić information content (AvgIpc) is 2.59. The Morgan fingerprint density at radius 3 is 2.79 bits per heavy atom. The number of carbonyl (C=O) groups excluding carboxylic acids is 1. The molecular weight excluding hydrogens is 304 g/mol. The smallest absolute Gasteiger partial charge is 0.210 e. The number of benzene rings is 1. The molecule has 1 amide bonds. The molecule has 2 N–H and O–H groups in total. The molecule has 1 heterocycles. The van der Waals surface area contributed by atoms with E-state index in [1.807, 2.05) is 38.1 Å². The SMILES string of the molecule is C=CCOCC1C(N)CCCN1C=O.CCOc1ccccc1C. The van der Waals surface area contributed by atoms with Crippen molar-refractivity contribution < 1.29 is 14.3 Å². The van der Waals surface area contributed by atoms with E-state index >= 15 is 0 Å². The Labute approximate surface area is 145 Å². The minimum atomic E-state index is 0.0289. The van der Waals surface area contributed by atoms with Gasteiger partial charge in [-0.3, -0.25) is 4.79 Å². The fraction of sp³-hybridized carbons (Fsp3) is 0.526. The van der Waals surface area contributed by atoms with E-state index in [1.54, 1.807) is 11.0 Å². The van der Waals surface area contributed by atoms with Gasteiger partial charge in [-0.05, 0) is 38.3 Å². The summed E-state index contributed by atoms with van der Waals surface area (Å²) in [5, 5.41) is 0. The lowest BCUT2D eigenvalue weighted by molar-refractivity contribution is -0.123. The van der Waals surface area contributed by atoms with Crippen molar-refractivity contribution in [2.24, 2.45) is 5.73 Å². The Hall–Kier alpha value is -1.85. The Bertz CT molecular complexity index is 493. The van der Waals surface area contributed by atoms with Gasteiger partial charge < -0.3 is 20.1 Å². The molecule has 1 saturated heterocycles. The van der Waals surface area contributed by atoms with Crippen LogP contribution in [-0.4, -0.2) is 49.8 Å². The van der Waals surface area contributed by atoms with Crippen LogP contribution in [0.15, 0.2) is 36.9 Å². The molecule has 0 radical (unpaired) electrons. The molecule has 2 rings (SSSR count). The van der Waals surface area contributed by atoms with Gasteiger partial charge in [-0.25, -0.2) is 0 Å². The number of aryl methyl sites for hydroxylation is 1. The van der Waals surface area contributed by atoms with Crippen LogP contribution in [0.25, 0.3) is 0 Å². The normalized spacial score (nSPS) is 19.9. The molecular formula is C19H30N2O3. The Balaban J connectivity index is 0.000000254. The van der Waals surface area contributed by atoms with Crippen LogP contribution in [0, 0.1) is 6.92 Å². The molecule has 0 aromatic heterocycles. The Kier molecular flexibility index (Phi) is 9.80. The number of nitrogens with zero attached hydrogens (tertiary/aromatic N) is 1. The van der Waals surface area contributed by atoms with E-state index in [9.17, 15) is 4.79 Å². The van der Waals surface area contributed by atoms with Crippen molar-refractivity contribution >= 4 is 6.41 Å². The van der Waals surface area contributed by atoms with Crippen LogP contribution in [0.5, 0.6) is 5.75 Å². The predicted molar refractivity (Wildman–Crippen MR) is 97.1 cm³/mol. The largest absolute Gasteiger partial charge is 0.494 e. The van der Waals surface area contributed by atoms with Gasteiger partial charge in [-0.15, -0.1) is 6.58 Å². The third kappa shape index (κ3) is 6.72. The molecule has 24 heavy (non-hydrogen) atoms. The van der Waals surface area contributed by atoms with E-state index in [-0.39, 0.29) is 12.1 Å². The van der Waals surface area contributed by atoms with E-state index in [2.05, 4.69) is 6.58 Å². The van der Waals surface area contributed by atoms with E-state index in [0.717, 1.165) is 38.2 Å². The van der Waals surface area contributed by atoms with Crippen LogP contribution >= 0.6 is 0 Å². The molecule has 5 heteroatoms. The maximum atomic E-state index is 10.7. The van der Waals surface area contributed by atoms with E-state index in [1.165, 1.54) is 5.56 Å². The summed E-state index contributed by atoms with van der Waals surface area (Å²) in [6, 6.07) is 8.10. The zero-order valence-electron chi connectivity index (χ0n) is 14.8. The Morgan fingerprint density at radius 1 is 1.42 bits per heavy atom. The third-order valence-corrected chi connectivity index (χ3v) is 3.93. The van der Waals surface area contributed by atoms with Crippen molar-refractivity contribution in [2.45, 2.75) is 38.8 Å². The number of rotatable bonds is 7. The highest BCUT2D eigenvalue weighted by molar-refractivity contribution is 5.48. The fourth-order valence-electron chi connectivity index (χ4n) is 2.61. The number of hydrogen-bond donors (Lipinski definition) is 1. The van der Waals surface area contributed by atoms with Gasteiger partial charge in [0.1, 0.15) is 5.75 Å². The van der Waals surface area contributed by atoms with Gasteiger partial charge in [0.2, 0.25) is 6.41 Å². The maximum absolute atomic E-state index is 10.7. The molecule has 0 spiro atoms. The molecule has 1 aromatic carbocycles. The molecule has 5 nitrogen and oxygen atoms in total. The molecule has 1 aromatic rings. The molecule has 0 bridgehead atoms. The second-order valence-electron chi connectivity index (χ2n) is 5.74. The first-order chi connectivity index (χ1) is 11.6. The van der Waals surface area contributed by atoms with Crippen molar-refractivity contribution in [1.29, 1.82) is 0 Å². The molecule has 1 fully saturated rings. The minimum absolute atomic E-state index is 0.0289. The van der Waals surface area contributed by atoms with Gasteiger partial charge in [0.15, 0.2) is 0 Å². The summed E-state index contributed by atoms with van der Waals surface area (Å²) in [6.07, 6.45) is 4.50. The predicted octanol–water partition coefficient (Wildman–Crippen LogP) is 2.53. The quantitative estimate of drug-likeness (QED) is 0.473. The van der Waals surface area contributed by atoms with Crippen LogP contribution in [0.3, 0.4) is 0 Å². The first-order valence-corrected chi connectivity index (χ1v) is 8.47. The van der Waals surface area contributed by atoms with Gasteiger partial charge in [0.25, 0.3) is 0 Å². The number of amides is 1. The topological polar surface area (TPSA) is 64.8 Å². The number of hydrogen-bond acceptors (Lipinski definition) is 4. The average molecular weight is 334 g/mol. The van der Waals surface area contributed by atoms with Crippen LogP contribution in [0.1, 0.15) is 25.3 Å². The van der Waals surface area contributed by atoms with Crippen molar-refractivity contribution in [1.82, 2.24) is 4.90 Å². The van der Waals surface area contributed by atoms with Gasteiger partial charge in [-0.2, -0.15) is 0 Å². The van der Waals surface area contributed by atoms with E-state index in [0.29, 0.717) is 13.2 Å². The molecule has 0 saturated carbocycles. The van der Waals surface area contributed by atoms with Crippen LogP contribution < -0.4 is 10.5 Å². The van der Waals surface area contributed by atoms with Crippen molar-refractivity contribution in [3.05, 3.63) is 42.5 Å². The molecule has 1 aliphatic heterocycles. The second-order valence-corrected chi connectivity index (χ2v) is 5.74. The van der Waals surface area contributed by atoms with Crippen molar-refractivity contribution in [3.63, 3.8) is 0 Å². The number of likely N-dealkylation sites (tertiary alicyclic amines) is 1. The first-order valence-electron chi connectivity index (χ1n) is 8.47. The molecule has 1 aliphatic rings. The van der Waals surface area contributed by atoms with Gasteiger partial charge in [-0.1, -0.05) is 24.3 Å². The summed E-state index contributed by atoms with van der Waals surface area (Å²) < 4.78 is 10.7. The first kappa shape index (κ1) is 20.2. The lowest BCUT2D eigenvalue weighted by atomic mass is 9.98. The lowest BCUT2D eigenvalue weighted by Gasteiger charge is -2.37. The summed E-state index contributed by atoms with van der Waals surface area (Å²) in [5.74, 6) is 0.991. The number of carbonyl (C=O) groups is 1. The monoisotopic (exact) mass is 334 g/mol. The summed E-state index contributed by atoms with van der Waals surface area (Å²) in [6.45, 7) is 10.1. The molecule has 134 valence electrons. The standard InChI is InChI=1S/C10H18N2O2.C9H12O/c1-2-6-14-7-10-9(11)4-3-5-12(10)8-13;1-3-10-9-7-5-4-6-8(9)2/h2,8-10H,1,3-7,11H2;4-7H,3H2,1-2H3. The molecule has 0 aliphatic carbocycles. The fourth-order valence-corrected chi connectivity index (χ4v) is 2.61. The van der Waals surface area contributed by atoms with Gasteiger partial charge >= 0.3 is 0 Å². The number of piperidine rings is 1. The zero-order valence-corrected chi connectivity index (χ0v) is 14.8. The second kappa shape index (κ2) is 11.6. The lowest BCUT2D eigenvalue weighted by Crippen LogP contribution is -2.53. The highest BCUT2D eigenvalue weighted by atomic mass is 16.5. The van der Waals surface area contributed by atoms with Gasteiger partial charge in [0, 0.05) is 12.6 Å². The maximum Gasteiger partial charge on any atom is 0.210 e. The zero-order chi connectivity index (χ0) is 17.8. The summed E-state index contributed by atoms with van der Waals surface area (Å²) in [4.78, 5) is 12.5. The number of ether oxygens (including phenoxy) is 2. The van der Waals surface area contributed by atoms with Gasteiger partial charge in [0.05, 0.1) is 25.9 Å². The van der Waals surface area contributed by atoms with Crippen LogP contribution in [0.2, 0.25) is 0 Å². The number of para-hydroxylation sites is 1. The highest BCUT2D eigenvalue weighted by Crippen LogP contribution is 2.15. The van der Waals surface area contributed by atoms with Crippen molar-refractivity contribution in [2.75, 3.05) is 26.4 Å². The van der Waals surface area contributed by atoms with E-state index < -0.39 is 0 Å². The third-order valence-electron chi connectivity index (χ3n) is 3.93. The molecule has 2 atom stereocenters. The van der Waals surface area contributed by atoms with E-state index in [4.69, 9.17) is 15.2 Å². The number of nitrogens with two attached hydrogens (primary N) is 1. The Morgan fingerprint density at radius 2 is 2.17 bits per heavy atom. The molecule has 2 unspecified atom stereocenters. The van der Waals surface area contributed by atoms with Crippen LogP contribution in [-0.2, 0) is 9.53 Å². The summed E-state index contributed by atoms with van der Waals surface area (Å²) in [7, 11) is 0. The highest BCUT2D eigenvalue weighted by Gasteiger charge is 2.27. The summed E-state index contributed by atoms with van der Waals surface area (Å²) >= 11 is 0. The minimum Gasteiger partial charge on any atom is -0.494 e. The van der Waals surface area contributed by atoms with Crippen molar-refractivity contribution in [3.8, 4) is 5.75 Å².